The molecular formula is C19H16F5NO3. The van der Waals surface area contributed by atoms with E-state index in [1.807, 2.05) is 0 Å². The maximum Gasteiger partial charge on any atom is 0.416 e. The highest BCUT2D eigenvalue weighted by Gasteiger charge is 2.30. The SMILES string of the molecule is COc1cc(CNC(=O)/C=C/c2cccc(C(F)(F)F)c2)ccc1OC(F)F. The van der Waals surface area contributed by atoms with Gasteiger partial charge in [0.25, 0.3) is 0 Å². The molecule has 1 N–H and O–H groups in total. The summed E-state index contributed by atoms with van der Waals surface area (Å²) in [5.41, 5.74) is -0.0345. The second kappa shape index (κ2) is 9.20. The minimum atomic E-state index is -4.47. The minimum absolute atomic E-state index is 0.0527. The number of benzene rings is 2. The number of carbonyl (C=O) groups is 1. The van der Waals surface area contributed by atoms with E-state index in [0.29, 0.717) is 5.56 Å². The summed E-state index contributed by atoms with van der Waals surface area (Å²) in [4.78, 5) is 11.9. The van der Waals surface area contributed by atoms with Crippen LogP contribution < -0.4 is 14.8 Å². The molecule has 0 aliphatic rings. The molecule has 0 aromatic heterocycles. The smallest absolute Gasteiger partial charge is 0.416 e. The van der Waals surface area contributed by atoms with Gasteiger partial charge < -0.3 is 14.8 Å². The summed E-state index contributed by atoms with van der Waals surface area (Å²) in [5.74, 6) is -0.604. The fourth-order valence-corrected chi connectivity index (χ4v) is 2.25. The van der Waals surface area contributed by atoms with Gasteiger partial charge in [0.05, 0.1) is 12.7 Å². The van der Waals surface area contributed by atoms with Crippen LogP contribution in [0, 0.1) is 0 Å². The zero-order valence-electron chi connectivity index (χ0n) is 14.6. The van der Waals surface area contributed by atoms with Crippen molar-refractivity contribution in [1.29, 1.82) is 0 Å². The maximum absolute atomic E-state index is 12.7. The molecule has 28 heavy (non-hydrogen) atoms. The number of nitrogens with one attached hydrogen (secondary N) is 1. The summed E-state index contributed by atoms with van der Waals surface area (Å²) in [5, 5.41) is 2.53. The Balaban J connectivity index is 1.98. The maximum atomic E-state index is 12.7. The standard InChI is InChI=1S/C19H16F5NO3/c1-27-16-10-13(5-7-15(16)28-18(20)21)11-25-17(26)8-6-12-3-2-4-14(9-12)19(22,23)24/h2-10,18H,11H2,1H3,(H,25,26)/b8-6+. The number of halogens is 5. The number of hydrogen-bond acceptors (Lipinski definition) is 3. The molecule has 1 amide bonds. The van der Waals surface area contributed by atoms with Crippen LogP contribution in [0.3, 0.4) is 0 Å². The number of hydrogen-bond donors (Lipinski definition) is 1. The highest BCUT2D eigenvalue weighted by Crippen LogP contribution is 2.30. The Kier molecular flexibility index (Phi) is 6.97. The number of methoxy groups -OCH3 is 1. The van der Waals surface area contributed by atoms with Crippen LogP contribution >= 0.6 is 0 Å². The van der Waals surface area contributed by atoms with E-state index in [0.717, 1.165) is 18.2 Å². The summed E-state index contributed by atoms with van der Waals surface area (Å²) < 4.78 is 71.9. The van der Waals surface area contributed by atoms with Crippen LogP contribution in [0.4, 0.5) is 22.0 Å². The Morgan fingerprint density at radius 2 is 1.89 bits per heavy atom. The van der Waals surface area contributed by atoms with Crippen molar-refractivity contribution in [3.63, 3.8) is 0 Å². The molecule has 0 unspecified atom stereocenters. The lowest BCUT2D eigenvalue weighted by Crippen LogP contribution is -2.20. The topological polar surface area (TPSA) is 47.6 Å². The van der Waals surface area contributed by atoms with Gasteiger partial charge in [-0.15, -0.1) is 0 Å². The molecule has 150 valence electrons. The average molecular weight is 401 g/mol. The molecule has 0 fully saturated rings. The first kappa shape index (κ1) is 21.2. The first-order valence-corrected chi connectivity index (χ1v) is 7.94. The van der Waals surface area contributed by atoms with E-state index in [1.54, 1.807) is 0 Å². The second-order valence-corrected chi connectivity index (χ2v) is 5.54. The molecule has 2 aromatic carbocycles. The van der Waals surface area contributed by atoms with Gasteiger partial charge in [0.1, 0.15) is 0 Å². The molecule has 0 heterocycles. The Labute approximate surface area is 157 Å². The molecule has 0 saturated carbocycles. The molecule has 0 saturated heterocycles. The van der Waals surface area contributed by atoms with Crippen molar-refractivity contribution < 1.29 is 36.2 Å². The van der Waals surface area contributed by atoms with Gasteiger partial charge in [0.15, 0.2) is 11.5 Å². The van der Waals surface area contributed by atoms with Gasteiger partial charge in [-0.25, -0.2) is 0 Å². The third-order valence-corrected chi connectivity index (χ3v) is 3.55. The molecule has 0 aliphatic heterocycles. The number of alkyl halides is 5. The third kappa shape index (κ3) is 6.26. The van der Waals surface area contributed by atoms with E-state index in [1.165, 1.54) is 43.5 Å². The minimum Gasteiger partial charge on any atom is -0.493 e. The molecular weight excluding hydrogens is 385 g/mol. The molecule has 0 aliphatic carbocycles. The van der Waals surface area contributed by atoms with Gasteiger partial charge in [-0.3, -0.25) is 4.79 Å². The lowest BCUT2D eigenvalue weighted by Gasteiger charge is -2.11. The first-order chi connectivity index (χ1) is 13.2. The highest BCUT2D eigenvalue weighted by molar-refractivity contribution is 5.91. The summed E-state index contributed by atoms with van der Waals surface area (Å²) >= 11 is 0. The van der Waals surface area contributed by atoms with E-state index < -0.39 is 24.3 Å². The largest absolute Gasteiger partial charge is 0.493 e. The zero-order chi connectivity index (χ0) is 20.7. The average Bonchev–Trinajstić information content (AvgIpc) is 2.64. The van der Waals surface area contributed by atoms with E-state index in [9.17, 15) is 26.7 Å². The quantitative estimate of drug-likeness (QED) is 0.543. The van der Waals surface area contributed by atoms with Crippen LogP contribution in [0.15, 0.2) is 48.5 Å². The van der Waals surface area contributed by atoms with E-state index in [2.05, 4.69) is 10.1 Å². The van der Waals surface area contributed by atoms with Gasteiger partial charge in [-0.05, 0) is 41.5 Å². The van der Waals surface area contributed by atoms with Crippen molar-refractivity contribution in [2.45, 2.75) is 19.3 Å². The van der Waals surface area contributed by atoms with Crippen LogP contribution in [0.1, 0.15) is 16.7 Å². The number of ether oxygens (including phenoxy) is 2. The highest BCUT2D eigenvalue weighted by atomic mass is 19.4. The van der Waals surface area contributed by atoms with E-state index >= 15 is 0 Å². The van der Waals surface area contributed by atoms with Crippen molar-refractivity contribution >= 4 is 12.0 Å². The molecule has 2 rings (SSSR count). The van der Waals surface area contributed by atoms with Crippen LogP contribution in [0.5, 0.6) is 11.5 Å². The summed E-state index contributed by atoms with van der Waals surface area (Å²) in [6.45, 7) is -2.95. The van der Waals surface area contributed by atoms with Gasteiger partial charge in [-0.1, -0.05) is 18.2 Å². The Morgan fingerprint density at radius 1 is 1.14 bits per heavy atom. The normalized spacial score (nSPS) is 11.7. The van der Waals surface area contributed by atoms with Gasteiger partial charge in [-0.2, -0.15) is 22.0 Å². The zero-order valence-corrected chi connectivity index (χ0v) is 14.6. The second-order valence-electron chi connectivity index (χ2n) is 5.54. The third-order valence-electron chi connectivity index (χ3n) is 3.55. The fourth-order valence-electron chi connectivity index (χ4n) is 2.25. The van der Waals surface area contributed by atoms with Gasteiger partial charge in [0.2, 0.25) is 5.91 Å². The Bertz CT molecular complexity index is 850. The Morgan fingerprint density at radius 3 is 2.54 bits per heavy atom. The van der Waals surface area contributed by atoms with Crippen molar-refractivity contribution in [1.82, 2.24) is 5.32 Å². The predicted molar refractivity (Wildman–Crippen MR) is 92.0 cm³/mol. The molecule has 9 heteroatoms. The van der Waals surface area contributed by atoms with E-state index in [4.69, 9.17) is 4.74 Å². The molecule has 0 radical (unpaired) electrons. The number of amides is 1. The van der Waals surface area contributed by atoms with Crippen molar-refractivity contribution in [3.05, 3.63) is 65.2 Å². The molecule has 0 spiro atoms. The molecule has 0 bridgehead atoms. The monoisotopic (exact) mass is 401 g/mol. The summed E-state index contributed by atoms with van der Waals surface area (Å²) in [6, 6.07) is 8.72. The van der Waals surface area contributed by atoms with Crippen molar-refractivity contribution in [2.24, 2.45) is 0 Å². The first-order valence-electron chi connectivity index (χ1n) is 7.94. The fraction of sp³-hybridized carbons (Fsp3) is 0.211. The molecule has 2 aromatic rings. The summed E-state index contributed by atoms with van der Waals surface area (Å²) in [7, 11) is 1.29. The number of rotatable bonds is 7. The lowest BCUT2D eigenvalue weighted by molar-refractivity contribution is -0.137. The molecule has 4 nitrogen and oxygen atoms in total. The summed E-state index contributed by atoms with van der Waals surface area (Å²) in [6.07, 6.45) is -2.11. The van der Waals surface area contributed by atoms with Gasteiger partial charge in [0, 0.05) is 12.6 Å². The van der Waals surface area contributed by atoms with Crippen LogP contribution in [-0.2, 0) is 17.5 Å². The van der Waals surface area contributed by atoms with Crippen LogP contribution in [0.25, 0.3) is 6.08 Å². The van der Waals surface area contributed by atoms with E-state index in [-0.39, 0.29) is 23.6 Å². The van der Waals surface area contributed by atoms with Crippen LogP contribution in [-0.4, -0.2) is 19.6 Å². The predicted octanol–water partition coefficient (Wildman–Crippen LogP) is 4.65. The van der Waals surface area contributed by atoms with Crippen LogP contribution in [0.2, 0.25) is 0 Å². The lowest BCUT2D eigenvalue weighted by atomic mass is 10.1. The van der Waals surface area contributed by atoms with Crippen molar-refractivity contribution in [2.75, 3.05) is 7.11 Å². The van der Waals surface area contributed by atoms with Crippen molar-refractivity contribution in [3.8, 4) is 11.5 Å². The van der Waals surface area contributed by atoms with Gasteiger partial charge >= 0.3 is 12.8 Å². The molecule has 0 atom stereocenters. The number of carbonyl (C=O) groups excluding carboxylic acids is 1. The Hall–Kier alpha value is -3.10.